The lowest BCUT2D eigenvalue weighted by atomic mass is 10.2. The van der Waals surface area contributed by atoms with E-state index in [0.29, 0.717) is 10.4 Å². The maximum atomic E-state index is 10.8. The second-order valence-electron chi connectivity index (χ2n) is 4.72. The van der Waals surface area contributed by atoms with Crippen molar-refractivity contribution >= 4 is 49.4 Å². The van der Waals surface area contributed by atoms with Gasteiger partial charge >= 0.3 is 20.8 Å². The summed E-state index contributed by atoms with van der Waals surface area (Å²) >= 11 is 0. The molecule has 144 valence electrons. The molecule has 0 fully saturated rings. The Bertz CT molecular complexity index is 1030. The third-order valence-corrected chi connectivity index (χ3v) is 3.56. The van der Waals surface area contributed by atoms with Crippen molar-refractivity contribution in [2.45, 2.75) is 6.73 Å². The molecule has 14 nitrogen and oxygen atoms in total. The molecule has 1 aromatic carbocycles. The number of nitrogen functional groups attached to an aromatic ring is 3. The van der Waals surface area contributed by atoms with Gasteiger partial charge in [-0.15, -0.1) is 5.10 Å². The molecule has 26 heavy (non-hydrogen) atoms. The zero-order valence-electron chi connectivity index (χ0n) is 12.7. The zero-order valence-corrected chi connectivity index (χ0v) is 14.4. The summed E-state index contributed by atoms with van der Waals surface area (Å²) < 4.78 is 69.6. The molecule has 0 unspecified atom stereocenters. The van der Waals surface area contributed by atoms with Crippen LogP contribution in [0.5, 0.6) is 5.88 Å². The molecule has 0 aliphatic carbocycles. The van der Waals surface area contributed by atoms with E-state index in [2.05, 4.69) is 18.8 Å². The summed E-state index contributed by atoms with van der Waals surface area (Å²) in [4.78, 5) is 0. The SMILES string of the molecule is Nc1ccc(Nc2c(N)c(OS(=O)(=O)O)nn2COS(=O)(=O)O)c(N)c1. The molecule has 0 radical (unpaired) electrons. The van der Waals surface area contributed by atoms with Gasteiger partial charge in [-0.2, -0.15) is 16.8 Å². The topological polar surface area (TPSA) is 235 Å². The van der Waals surface area contributed by atoms with Crippen molar-refractivity contribution in [2.24, 2.45) is 0 Å². The minimum Gasteiger partial charge on any atom is -0.399 e. The first-order valence-corrected chi connectivity index (χ1v) is 9.16. The molecular weight excluding hydrogens is 396 g/mol. The first-order valence-electron chi connectivity index (χ1n) is 6.43. The van der Waals surface area contributed by atoms with Crippen LogP contribution in [0.1, 0.15) is 0 Å². The lowest BCUT2D eigenvalue weighted by molar-refractivity contribution is 0.198. The molecule has 0 saturated carbocycles. The fraction of sp³-hybridized carbons (Fsp3) is 0.100. The predicted octanol–water partition coefficient (Wildman–Crippen LogP) is -0.668. The lowest BCUT2D eigenvalue weighted by Gasteiger charge is -2.12. The Morgan fingerprint density at radius 2 is 1.77 bits per heavy atom. The molecule has 16 heteroatoms. The average molecular weight is 410 g/mol. The smallest absolute Gasteiger partial charge is 0.399 e. The van der Waals surface area contributed by atoms with Gasteiger partial charge in [-0.1, -0.05) is 0 Å². The molecule has 9 N–H and O–H groups in total. The highest BCUT2D eigenvalue weighted by molar-refractivity contribution is 7.81. The van der Waals surface area contributed by atoms with Crippen LogP contribution < -0.4 is 26.7 Å². The second kappa shape index (κ2) is 6.84. The zero-order chi connectivity index (χ0) is 19.7. The van der Waals surface area contributed by atoms with Crippen LogP contribution in [-0.4, -0.2) is 35.7 Å². The van der Waals surface area contributed by atoms with E-state index in [1.807, 2.05) is 0 Å². The Hall–Kier alpha value is -2.79. The highest BCUT2D eigenvalue weighted by atomic mass is 32.3. The average Bonchev–Trinajstić information content (AvgIpc) is 2.74. The molecule has 2 rings (SSSR count). The van der Waals surface area contributed by atoms with Crippen molar-refractivity contribution in [1.29, 1.82) is 0 Å². The van der Waals surface area contributed by atoms with Gasteiger partial charge in [0.05, 0.1) is 11.4 Å². The van der Waals surface area contributed by atoms with Gasteiger partial charge < -0.3 is 26.7 Å². The number of anilines is 5. The number of rotatable bonds is 7. The molecule has 0 amide bonds. The van der Waals surface area contributed by atoms with Crippen LogP contribution in [0.3, 0.4) is 0 Å². The van der Waals surface area contributed by atoms with Crippen molar-refractivity contribution in [1.82, 2.24) is 9.78 Å². The van der Waals surface area contributed by atoms with E-state index in [0.717, 1.165) is 0 Å². The number of benzene rings is 1. The molecule has 0 aliphatic rings. The minimum atomic E-state index is -4.97. The van der Waals surface area contributed by atoms with Crippen molar-refractivity contribution in [3.05, 3.63) is 18.2 Å². The number of hydrogen-bond donors (Lipinski definition) is 6. The Kier molecular flexibility index (Phi) is 5.14. The van der Waals surface area contributed by atoms with Crippen molar-refractivity contribution in [2.75, 3.05) is 22.5 Å². The number of aromatic nitrogens is 2. The molecule has 2 aromatic rings. The summed E-state index contributed by atoms with van der Waals surface area (Å²) in [6.45, 7) is -0.908. The second-order valence-corrected chi connectivity index (χ2v) is 6.84. The Balaban J connectivity index is 2.46. The van der Waals surface area contributed by atoms with Crippen LogP contribution >= 0.6 is 0 Å². The fourth-order valence-corrected chi connectivity index (χ4v) is 2.34. The van der Waals surface area contributed by atoms with Crippen molar-refractivity contribution in [3.63, 3.8) is 0 Å². The predicted molar refractivity (Wildman–Crippen MR) is 90.0 cm³/mol. The molecular formula is C10H14N6O8S2. The minimum absolute atomic E-state index is 0.171. The van der Waals surface area contributed by atoms with E-state index in [9.17, 15) is 16.8 Å². The third-order valence-electron chi connectivity index (χ3n) is 2.79. The quantitative estimate of drug-likeness (QED) is 0.245. The van der Waals surface area contributed by atoms with Crippen LogP contribution in [0.2, 0.25) is 0 Å². The van der Waals surface area contributed by atoms with Gasteiger partial charge in [0.15, 0.2) is 12.5 Å². The molecule has 0 saturated heterocycles. The van der Waals surface area contributed by atoms with Gasteiger partial charge in [0.2, 0.25) is 0 Å². The maximum Gasteiger partial charge on any atom is 0.448 e. The molecule has 1 heterocycles. The Labute approximate surface area is 147 Å². The van der Waals surface area contributed by atoms with E-state index in [1.54, 1.807) is 0 Å². The van der Waals surface area contributed by atoms with Crippen LogP contribution in [0.4, 0.5) is 28.6 Å². The standard InChI is InChI=1S/C10H14N6O8S2/c11-5-1-2-7(6(12)3-5)14-9-8(13)10(24-26(20,21)22)15-16(9)4-23-25(17,18)19/h1-3,14H,4,11-13H2,(H,17,18,19)(H,20,21,22). The number of nitrogens with two attached hydrogens (primary N) is 3. The summed E-state index contributed by atoms with van der Waals surface area (Å²) in [5, 5.41) is 6.20. The lowest BCUT2D eigenvalue weighted by Crippen LogP contribution is -2.13. The maximum absolute atomic E-state index is 10.8. The number of nitrogens with one attached hydrogen (secondary N) is 1. The summed E-state index contributed by atoms with van der Waals surface area (Å²) in [6.07, 6.45) is 0. The number of nitrogens with zero attached hydrogens (tertiary/aromatic N) is 2. The highest BCUT2D eigenvalue weighted by Crippen LogP contribution is 2.34. The van der Waals surface area contributed by atoms with E-state index >= 15 is 0 Å². The largest absolute Gasteiger partial charge is 0.448 e. The van der Waals surface area contributed by atoms with Gasteiger partial charge in [-0.05, 0) is 18.2 Å². The first-order chi connectivity index (χ1) is 11.9. The summed E-state index contributed by atoms with van der Waals surface area (Å²) in [5.74, 6) is -0.980. The molecule has 0 bridgehead atoms. The van der Waals surface area contributed by atoms with Crippen LogP contribution in [-0.2, 0) is 31.7 Å². The van der Waals surface area contributed by atoms with Gasteiger partial charge in [0.25, 0.3) is 5.88 Å². The van der Waals surface area contributed by atoms with Crippen LogP contribution in [0.15, 0.2) is 18.2 Å². The molecule has 1 aromatic heterocycles. The van der Waals surface area contributed by atoms with Gasteiger partial charge in [-0.3, -0.25) is 9.11 Å². The molecule has 0 spiro atoms. The van der Waals surface area contributed by atoms with E-state index in [4.69, 9.17) is 26.3 Å². The Morgan fingerprint density at radius 1 is 1.12 bits per heavy atom. The fourth-order valence-electron chi connectivity index (χ4n) is 1.78. The van der Waals surface area contributed by atoms with E-state index in [-0.39, 0.29) is 17.2 Å². The van der Waals surface area contributed by atoms with Gasteiger partial charge in [0, 0.05) is 5.69 Å². The highest BCUT2D eigenvalue weighted by Gasteiger charge is 2.22. The van der Waals surface area contributed by atoms with Crippen molar-refractivity contribution in [3.8, 4) is 5.88 Å². The van der Waals surface area contributed by atoms with Crippen molar-refractivity contribution < 1.29 is 34.3 Å². The van der Waals surface area contributed by atoms with Crippen LogP contribution in [0.25, 0.3) is 0 Å². The summed E-state index contributed by atoms with van der Waals surface area (Å²) in [5.41, 5.74) is 17.4. The summed E-state index contributed by atoms with van der Waals surface area (Å²) in [6, 6.07) is 4.35. The third kappa shape index (κ3) is 5.10. The van der Waals surface area contributed by atoms with E-state index in [1.165, 1.54) is 18.2 Å². The summed E-state index contributed by atoms with van der Waals surface area (Å²) in [7, 11) is -9.81. The Morgan fingerprint density at radius 3 is 2.31 bits per heavy atom. The first kappa shape index (κ1) is 19.5. The normalized spacial score (nSPS) is 12.1. The van der Waals surface area contributed by atoms with Gasteiger partial charge in [0.1, 0.15) is 5.69 Å². The molecule has 0 aliphatic heterocycles. The van der Waals surface area contributed by atoms with Crippen LogP contribution in [0, 0.1) is 0 Å². The number of hydrogen-bond acceptors (Lipinski definition) is 11. The van der Waals surface area contributed by atoms with Gasteiger partial charge in [-0.25, -0.2) is 8.86 Å². The monoisotopic (exact) mass is 410 g/mol. The van der Waals surface area contributed by atoms with E-state index < -0.39 is 39.1 Å². The molecule has 0 atom stereocenters.